The number of hydrogen-bond acceptors (Lipinski definition) is 6. The maximum Gasteiger partial charge on any atom is 0.227 e. The molecule has 0 aromatic heterocycles. The Morgan fingerprint density at radius 1 is 0.657 bits per heavy atom. The molecule has 0 spiro atoms. The average molecular weight is 489 g/mol. The maximum absolute atomic E-state index is 13.3. The number of carbonyl (C=O) groups is 2. The third kappa shape index (κ3) is 5.31. The average Bonchev–Trinajstić information content (AvgIpc) is 3.20. The molecule has 2 amide bonds. The summed E-state index contributed by atoms with van der Waals surface area (Å²) in [6.45, 7) is -6.64. The lowest BCUT2D eigenvalue weighted by molar-refractivity contribution is -0.130. The Morgan fingerprint density at radius 2 is 1.00 bits per heavy atom. The lowest BCUT2D eigenvalue weighted by atomic mass is 10.0. The number of fused-ring (bicyclic) bond motifs is 2. The normalized spacial score (nSPS) is 19.4. The molecule has 4 rings (SSSR count). The third-order valence-corrected chi connectivity index (χ3v) is 6.29. The quantitative estimate of drug-likeness (QED) is 0.569. The summed E-state index contributed by atoms with van der Waals surface area (Å²) in [4.78, 5) is 28.1. The highest BCUT2D eigenvalue weighted by Crippen LogP contribution is 2.33. The van der Waals surface area contributed by atoms with Gasteiger partial charge in [-0.3, -0.25) is 9.59 Å². The van der Waals surface area contributed by atoms with E-state index in [1.165, 1.54) is 28.4 Å². The molecule has 35 heavy (non-hydrogen) atoms. The Bertz CT molecular complexity index is 1250. The Hall–Kier alpha value is -3.42. The van der Waals surface area contributed by atoms with Crippen molar-refractivity contribution in [3.63, 3.8) is 0 Å². The molecule has 0 radical (unpaired) electrons. The van der Waals surface area contributed by atoms with Gasteiger partial charge in [-0.2, -0.15) is 0 Å². The predicted octanol–water partition coefficient (Wildman–Crippen LogP) is 2.67. The van der Waals surface area contributed by atoms with Crippen molar-refractivity contribution in [2.45, 2.75) is 32.1 Å². The minimum absolute atomic E-state index is 0.182. The second kappa shape index (κ2) is 10.9. The summed E-state index contributed by atoms with van der Waals surface area (Å²) in [5.41, 5.74) is 2.59. The van der Waals surface area contributed by atoms with Crippen LogP contribution < -0.4 is 18.9 Å². The molecule has 2 aromatic rings. The van der Waals surface area contributed by atoms with Crippen LogP contribution in [0.2, 0.25) is 0 Å². The van der Waals surface area contributed by atoms with E-state index in [1.54, 1.807) is 24.3 Å². The number of methoxy groups -OCH3 is 4. The first-order chi connectivity index (χ1) is 19.2. The van der Waals surface area contributed by atoms with Crippen LogP contribution in [0.4, 0.5) is 0 Å². The van der Waals surface area contributed by atoms with Crippen molar-refractivity contribution < 1.29 is 36.8 Å². The summed E-state index contributed by atoms with van der Waals surface area (Å²) >= 11 is 0. The number of benzene rings is 2. The molecule has 188 valence electrons. The van der Waals surface area contributed by atoms with Gasteiger partial charge in [0.05, 0.1) is 41.3 Å². The Morgan fingerprint density at radius 3 is 1.34 bits per heavy atom. The van der Waals surface area contributed by atoms with E-state index in [1.807, 2.05) is 0 Å². The predicted molar refractivity (Wildman–Crippen MR) is 132 cm³/mol. The summed E-state index contributed by atoms with van der Waals surface area (Å²) in [5, 5.41) is 0. The lowest BCUT2D eigenvalue weighted by Gasteiger charge is -2.24. The van der Waals surface area contributed by atoms with E-state index in [0.29, 0.717) is 45.3 Å². The highest BCUT2D eigenvalue weighted by atomic mass is 16.5. The molecule has 0 fully saturated rings. The molecular weight excluding hydrogens is 448 g/mol. The maximum atomic E-state index is 13.3. The van der Waals surface area contributed by atoms with Gasteiger partial charge in [0.15, 0.2) is 23.0 Å². The highest BCUT2D eigenvalue weighted by molar-refractivity contribution is 5.81. The van der Waals surface area contributed by atoms with Crippen LogP contribution in [0.1, 0.15) is 36.9 Å². The third-order valence-electron chi connectivity index (χ3n) is 6.29. The molecule has 0 aliphatic carbocycles. The molecule has 0 N–H and O–H groups in total. The molecule has 2 heterocycles. The number of nitrogens with zero attached hydrogens (tertiary/aromatic N) is 2. The summed E-state index contributed by atoms with van der Waals surface area (Å²) in [6, 6.07) is 6.67. The largest absolute Gasteiger partial charge is 0.493 e. The van der Waals surface area contributed by atoms with Crippen molar-refractivity contribution in [3.8, 4) is 23.0 Å². The fourth-order valence-electron chi connectivity index (χ4n) is 4.35. The van der Waals surface area contributed by atoms with Crippen LogP contribution >= 0.6 is 0 Å². The molecule has 0 bridgehead atoms. The fourth-order valence-corrected chi connectivity index (χ4v) is 4.35. The number of amides is 2. The lowest BCUT2D eigenvalue weighted by Crippen LogP contribution is -2.37. The van der Waals surface area contributed by atoms with E-state index < -0.39 is 31.2 Å². The van der Waals surface area contributed by atoms with E-state index in [9.17, 15) is 9.59 Å². The molecule has 0 saturated carbocycles. The molecule has 2 aromatic carbocycles. The van der Waals surface area contributed by atoms with E-state index in [2.05, 4.69) is 0 Å². The number of hydrogen-bond donors (Lipinski definition) is 0. The SMILES string of the molecule is [2H]C([2H])(N1CCc2cc(OC)c(OC)cc2CC1=O)C([2H])([2H])C([2H])([2H])N1CCc2cc(OC)c(OC)cc2CC1=O. The molecule has 0 unspecified atom stereocenters. The zero-order valence-corrected chi connectivity index (χ0v) is 20.4. The molecular formula is C27H34N2O6. The van der Waals surface area contributed by atoms with Crippen LogP contribution in [0.25, 0.3) is 0 Å². The number of carbonyl (C=O) groups excluding carboxylic acids is 2. The second-order valence-corrected chi connectivity index (χ2v) is 8.24. The van der Waals surface area contributed by atoms with E-state index >= 15 is 0 Å². The van der Waals surface area contributed by atoms with Crippen LogP contribution in [0.15, 0.2) is 24.3 Å². The highest BCUT2D eigenvalue weighted by Gasteiger charge is 2.25. The first-order valence-electron chi connectivity index (χ1n) is 14.3. The summed E-state index contributed by atoms with van der Waals surface area (Å²) in [5.74, 6) is 0.260. The van der Waals surface area contributed by atoms with Crippen molar-refractivity contribution in [2.24, 2.45) is 0 Å². The number of rotatable bonds is 8. The van der Waals surface area contributed by atoms with Gasteiger partial charge in [-0.05, 0) is 65.7 Å². The van der Waals surface area contributed by atoms with Crippen LogP contribution in [-0.4, -0.2) is 76.1 Å². The molecule has 8 heteroatoms. The fraction of sp³-hybridized carbons (Fsp3) is 0.481. The molecule has 2 aliphatic rings. The Kier molecular flexibility index (Phi) is 5.58. The minimum Gasteiger partial charge on any atom is -0.493 e. The van der Waals surface area contributed by atoms with Crippen molar-refractivity contribution >= 4 is 11.8 Å². The minimum atomic E-state index is -3.32. The second-order valence-electron chi connectivity index (χ2n) is 8.24. The standard InChI is InChI=1S/C27H34N2O6/c1-32-22-12-18-6-10-28(26(30)16-20(18)14-24(22)34-3)8-5-9-29-11-7-19-13-23(33-2)25(35-4)15-21(19)17-27(29)31/h12-15H,5-11,16-17H2,1-4H3/i5D2,8D2,9D2. The monoisotopic (exact) mass is 488 g/mol. The van der Waals surface area contributed by atoms with Crippen molar-refractivity contribution in [1.29, 1.82) is 0 Å². The number of ether oxygens (including phenoxy) is 4. The van der Waals surface area contributed by atoms with Crippen molar-refractivity contribution in [3.05, 3.63) is 46.5 Å². The Balaban J connectivity index is 1.63. The van der Waals surface area contributed by atoms with Gasteiger partial charge in [0.2, 0.25) is 11.8 Å². The molecule has 8 nitrogen and oxygen atoms in total. The zero-order valence-electron chi connectivity index (χ0n) is 26.4. The van der Waals surface area contributed by atoms with E-state index in [0.717, 1.165) is 9.80 Å². The zero-order chi connectivity index (χ0) is 30.3. The van der Waals surface area contributed by atoms with E-state index in [4.69, 9.17) is 27.2 Å². The van der Waals surface area contributed by atoms with Crippen molar-refractivity contribution in [2.75, 3.05) is 54.5 Å². The summed E-state index contributed by atoms with van der Waals surface area (Å²) in [6.07, 6.45) is -3.43. The Labute approximate surface area is 215 Å². The van der Waals surface area contributed by atoms with Gasteiger partial charge in [-0.25, -0.2) is 0 Å². The topological polar surface area (TPSA) is 77.5 Å². The first-order valence-corrected chi connectivity index (χ1v) is 11.3. The van der Waals surface area contributed by atoms with Gasteiger partial charge in [-0.15, -0.1) is 0 Å². The molecule has 0 atom stereocenters. The summed E-state index contributed by atoms with van der Waals surface area (Å²) < 4.78 is 74.0. The van der Waals surface area contributed by atoms with Gasteiger partial charge in [-0.1, -0.05) is 0 Å². The van der Waals surface area contributed by atoms with Crippen LogP contribution in [0, 0.1) is 0 Å². The summed E-state index contributed by atoms with van der Waals surface area (Å²) in [7, 11) is 5.87. The first kappa shape index (κ1) is 17.9. The van der Waals surface area contributed by atoms with Gasteiger partial charge in [0, 0.05) is 34.3 Å². The smallest absolute Gasteiger partial charge is 0.227 e. The molecule has 0 saturated heterocycles. The van der Waals surface area contributed by atoms with Crippen LogP contribution in [0.5, 0.6) is 23.0 Å². The molecule has 2 aliphatic heterocycles. The van der Waals surface area contributed by atoms with Crippen molar-refractivity contribution in [1.82, 2.24) is 9.80 Å². The van der Waals surface area contributed by atoms with Gasteiger partial charge < -0.3 is 28.7 Å². The van der Waals surface area contributed by atoms with Gasteiger partial charge in [0.25, 0.3) is 0 Å². The van der Waals surface area contributed by atoms with Crippen LogP contribution in [0.3, 0.4) is 0 Å². The van der Waals surface area contributed by atoms with E-state index in [-0.39, 0.29) is 38.8 Å². The van der Waals surface area contributed by atoms with Crippen LogP contribution in [-0.2, 0) is 35.3 Å². The van der Waals surface area contributed by atoms with Gasteiger partial charge in [0.1, 0.15) is 0 Å². The van der Waals surface area contributed by atoms with Gasteiger partial charge >= 0.3 is 0 Å².